The van der Waals surface area contributed by atoms with Gasteiger partial charge < -0.3 is 15.4 Å². The number of thioether (sulfide) groups is 1. The van der Waals surface area contributed by atoms with Gasteiger partial charge in [0.15, 0.2) is 5.96 Å². The molecule has 1 unspecified atom stereocenters. The number of ether oxygens (including phenoxy) is 1. The highest BCUT2D eigenvalue weighted by atomic mass is 32.2. The van der Waals surface area contributed by atoms with Gasteiger partial charge in [0.25, 0.3) is 0 Å². The van der Waals surface area contributed by atoms with E-state index in [1.165, 1.54) is 0 Å². The Morgan fingerprint density at radius 1 is 1.47 bits per heavy atom. The molecule has 4 nitrogen and oxygen atoms in total. The van der Waals surface area contributed by atoms with Crippen molar-refractivity contribution in [1.29, 1.82) is 0 Å². The van der Waals surface area contributed by atoms with Gasteiger partial charge in [-0.1, -0.05) is 6.92 Å². The Balaban J connectivity index is 3.89. The van der Waals surface area contributed by atoms with Crippen LogP contribution in [0.1, 0.15) is 13.8 Å². The molecule has 0 saturated carbocycles. The Morgan fingerprint density at radius 3 is 2.73 bits per heavy atom. The lowest BCUT2D eigenvalue weighted by atomic mass is 10.5. The highest BCUT2D eigenvalue weighted by Crippen LogP contribution is 2.04. The molecule has 0 aromatic carbocycles. The molecule has 5 heteroatoms. The first-order valence-electron chi connectivity index (χ1n) is 5.28. The Kier molecular flexibility index (Phi) is 9.83. The van der Waals surface area contributed by atoms with Gasteiger partial charge in [-0.25, -0.2) is 0 Å². The zero-order valence-electron chi connectivity index (χ0n) is 10.2. The summed E-state index contributed by atoms with van der Waals surface area (Å²) in [6.45, 7) is 7.44. The number of aliphatic imine (C=N–C) groups is 1. The Hall–Kier alpha value is -0.420. The van der Waals surface area contributed by atoms with Gasteiger partial charge in [-0.3, -0.25) is 4.99 Å². The van der Waals surface area contributed by atoms with Crippen molar-refractivity contribution >= 4 is 17.7 Å². The van der Waals surface area contributed by atoms with Crippen molar-refractivity contribution in [3.8, 4) is 0 Å². The normalized spacial score (nSPS) is 13.7. The highest BCUT2D eigenvalue weighted by molar-refractivity contribution is 7.99. The second-order valence-electron chi connectivity index (χ2n) is 3.19. The number of hydrogen-bond donors (Lipinski definition) is 2. The molecule has 1 atom stereocenters. The van der Waals surface area contributed by atoms with Crippen molar-refractivity contribution in [2.75, 3.05) is 39.6 Å². The molecular weight excluding hydrogens is 210 g/mol. The van der Waals surface area contributed by atoms with Crippen LogP contribution >= 0.6 is 11.8 Å². The molecule has 0 aromatic rings. The van der Waals surface area contributed by atoms with Crippen molar-refractivity contribution in [2.45, 2.75) is 19.1 Å². The van der Waals surface area contributed by atoms with E-state index in [2.05, 4.69) is 35.7 Å². The van der Waals surface area contributed by atoms with Crippen LogP contribution in [0.25, 0.3) is 0 Å². The summed E-state index contributed by atoms with van der Waals surface area (Å²) in [6.07, 6.45) is 2.10. The van der Waals surface area contributed by atoms with E-state index in [-0.39, 0.29) is 0 Å². The fourth-order valence-electron chi connectivity index (χ4n) is 0.908. The van der Waals surface area contributed by atoms with E-state index in [9.17, 15) is 0 Å². The van der Waals surface area contributed by atoms with E-state index < -0.39 is 0 Å². The average Bonchev–Trinajstić information content (AvgIpc) is 2.25. The monoisotopic (exact) mass is 233 g/mol. The highest BCUT2D eigenvalue weighted by Gasteiger charge is 1.99. The lowest BCUT2D eigenvalue weighted by Crippen LogP contribution is -2.39. The van der Waals surface area contributed by atoms with Crippen LogP contribution in [0.2, 0.25) is 0 Å². The van der Waals surface area contributed by atoms with Gasteiger partial charge in [0, 0.05) is 25.4 Å². The second-order valence-corrected chi connectivity index (χ2v) is 4.46. The number of guanidine groups is 1. The van der Waals surface area contributed by atoms with Crippen LogP contribution in [-0.4, -0.2) is 50.8 Å². The summed E-state index contributed by atoms with van der Waals surface area (Å²) in [5.74, 6) is 0.871. The zero-order chi connectivity index (χ0) is 11.5. The van der Waals surface area contributed by atoms with Crippen LogP contribution in [0, 0.1) is 0 Å². The SMILES string of the molecule is CCNC(=NCC(C)SC)NCCOC. The van der Waals surface area contributed by atoms with E-state index in [1.807, 2.05) is 11.8 Å². The van der Waals surface area contributed by atoms with E-state index in [0.717, 1.165) is 25.6 Å². The van der Waals surface area contributed by atoms with Gasteiger partial charge in [0.2, 0.25) is 0 Å². The number of nitrogens with zero attached hydrogens (tertiary/aromatic N) is 1. The summed E-state index contributed by atoms with van der Waals surface area (Å²) in [6, 6.07) is 0. The average molecular weight is 233 g/mol. The summed E-state index contributed by atoms with van der Waals surface area (Å²) in [7, 11) is 1.70. The Labute approximate surface area is 97.3 Å². The molecule has 90 valence electrons. The third kappa shape index (κ3) is 8.57. The quantitative estimate of drug-likeness (QED) is 0.390. The maximum Gasteiger partial charge on any atom is 0.191 e. The van der Waals surface area contributed by atoms with E-state index >= 15 is 0 Å². The summed E-state index contributed by atoms with van der Waals surface area (Å²) in [5.41, 5.74) is 0. The summed E-state index contributed by atoms with van der Waals surface area (Å²) in [5, 5.41) is 6.96. The minimum atomic E-state index is 0.558. The van der Waals surface area contributed by atoms with Crippen LogP contribution < -0.4 is 10.6 Å². The molecule has 0 aliphatic heterocycles. The standard InChI is InChI=1S/C10H23N3OS/c1-5-11-10(12-6-7-14-3)13-8-9(2)15-4/h9H,5-8H2,1-4H3,(H2,11,12,13). The first-order chi connectivity index (χ1) is 7.24. The predicted molar refractivity (Wildman–Crippen MR) is 68.8 cm³/mol. The van der Waals surface area contributed by atoms with E-state index in [0.29, 0.717) is 11.9 Å². The first kappa shape index (κ1) is 14.6. The van der Waals surface area contributed by atoms with Crippen molar-refractivity contribution in [1.82, 2.24) is 10.6 Å². The fraction of sp³-hybridized carbons (Fsp3) is 0.900. The summed E-state index contributed by atoms with van der Waals surface area (Å²) < 4.78 is 4.97. The molecule has 0 aliphatic rings. The largest absolute Gasteiger partial charge is 0.383 e. The zero-order valence-corrected chi connectivity index (χ0v) is 11.0. The molecule has 2 N–H and O–H groups in total. The Bertz CT molecular complexity index is 176. The molecule has 0 aromatic heterocycles. The van der Waals surface area contributed by atoms with Gasteiger partial charge in [-0.2, -0.15) is 11.8 Å². The molecule has 0 rings (SSSR count). The minimum absolute atomic E-state index is 0.558. The third-order valence-electron chi connectivity index (χ3n) is 1.85. The van der Waals surface area contributed by atoms with Crippen LogP contribution in [0.3, 0.4) is 0 Å². The molecular formula is C10H23N3OS. The maximum absolute atomic E-state index is 4.97. The predicted octanol–water partition coefficient (Wildman–Crippen LogP) is 0.939. The molecule has 0 spiro atoms. The number of methoxy groups -OCH3 is 1. The van der Waals surface area contributed by atoms with Crippen molar-refractivity contribution in [3.05, 3.63) is 0 Å². The van der Waals surface area contributed by atoms with E-state index in [1.54, 1.807) is 7.11 Å². The number of rotatable bonds is 7. The van der Waals surface area contributed by atoms with Gasteiger partial charge in [-0.15, -0.1) is 0 Å². The third-order valence-corrected chi connectivity index (χ3v) is 2.81. The molecule has 0 bridgehead atoms. The fourth-order valence-corrected chi connectivity index (χ4v) is 1.13. The molecule has 0 aliphatic carbocycles. The van der Waals surface area contributed by atoms with Crippen LogP contribution in [0.15, 0.2) is 4.99 Å². The van der Waals surface area contributed by atoms with Gasteiger partial charge in [-0.05, 0) is 13.2 Å². The van der Waals surface area contributed by atoms with Crippen molar-refractivity contribution in [2.24, 2.45) is 4.99 Å². The molecule has 0 radical (unpaired) electrons. The number of nitrogens with one attached hydrogen (secondary N) is 2. The van der Waals surface area contributed by atoms with E-state index in [4.69, 9.17) is 4.74 Å². The first-order valence-corrected chi connectivity index (χ1v) is 6.57. The molecule has 0 heterocycles. The second kappa shape index (κ2) is 10.1. The van der Waals surface area contributed by atoms with Gasteiger partial charge >= 0.3 is 0 Å². The van der Waals surface area contributed by atoms with Crippen LogP contribution in [0.4, 0.5) is 0 Å². The maximum atomic E-state index is 4.97. The molecule has 0 amide bonds. The molecule has 0 saturated heterocycles. The molecule has 15 heavy (non-hydrogen) atoms. The van der Waals surface area contributed by atoms with Crippen molar-refractivity contribution < 1.29 is 4.74 Å². The van der Waals surface area contributed by atoms with Gasteiger partial charge in [0.05, 0.1) is 13.2 Å². The number of hydrogen-bond acceptors (Lipinski definition) is 3. The smallest absolute Gasteiger partial charge is 0.191 e. The van der Waals surface area contributed by atoms with Crippen LogP contribution in [0.5, 0.6) is 0 Å². The summed E-state index contributed by atoms with van der Waals surface area (Å²) in [4.78, 5) is 4.47. The van der Waals surface area contributed by atoms with Crippen LogP contribution in [-0.2, 0) is 4.74 Å². The van der Waals surface area contributed by atoms with Crippen molar-refractivity contribution in [3.63, 3.8) is 0 Å². The minimum Gasteiger partial charge on any atom is -0.383 e. The lowest BCUT2D eigenvalue weighted by molar-refractivity contribution is 0.203. The summed E-state index contributed by atoms with van der Waals surface area (Å²) >= 11 is 1.83. The van der Waals surface area contributed by atoms with Gasteiger partial charge in [0.1, 0.15) is 0 Å². The lowest BCUT2D eigenvalue weighted by Gasteiger charge is -2.12. The Morgan fingerprint density at radius 2 is 2.20 bits per heavy atom. The molecule has 0 fully saturated rings. The topological polar surface area (TPSA) is 45.7 Å².